The molecule has 8 heteroatoms. The molecule has 1 aromatic carbocycles. The minimum absolute atomic E-state index is 0.0123. The zero-order valence-electron chi connectivity index (χ0n) is 14.2. The van der Waals surface area contributed by atoms with Gasteiger partial charge >= 0.3 is 0 Å². The number of nitrogens with one attached hydrogen (secondary N) is 1. The van der Waals surface area contributed by atoms with Crippen LogP contribution < -0.4 is 5.32 Å². The van der Waals surface area contributed by atoms with E-state index in [1.165, 1.54) is 16.4 Å². The summed E-state index contributed by atoms with van der Waals surface area (Å²) in [6.07, 6.45) is 2.25. The Bertz CT molecular complexity index is 815. The monoisotopic (exact) mass is 384 g/mol. The van der Waals surface area contributed by atoms with Gasteiger partial charge in [0, 0.05) is 31.6 Å². The fourth-order valence-electron chi connectivity index (χ4n) is 2.40. The van der Waals surface area contributed by atoms with Gasteiger partial charge < -0.3 is 9.73 Å². The van der Waals surface area contributed by atoms with Crippen LogP contribution in [0.2, 0.25) is 5.02 Å². The lowest BCUT2D eigenvalue weighted by Gasteiger charge is -2.19. The minimum atomic E-state index is -3.70. The molecule has 0 spiro atoms. The number of amides is 1. The van der Waals surface area contributed by atoms with E-state index in [1.807, 2.05) is 0 Å². The van der Waals surface area contributed by atoms with Gasteiger partial charge in [0.2, 0.25) is 15.9 Å². The molecule has 136 valence electrons. The summed E-state index contributed by atoms with van der Waals surface area (Å²) in [6.45, 7) is 4.20. The second-order valence-electron chi connectivity index (χ2n) is 5.36. The molecule has 0 aliphatic rings. The molecule has 0 saturated carbocycles. The van der Waals surface area contributed by atoms with Gasteiger partial charge in [0.1, 0.15) is 10.7 Å². The van der Waals surface area contributed by atoms with E-state index in [-0.39, 0.29) is 22.2 Å². The van der Waals surface area contributed by atoms with Crippen molar-refractivity contribution in [1.82, 2.24) is 4.31 Å². The van der Waals surface area contributed by atoms with Gasteiger partial charge in [0.15, 0.2) is 0 Å². The highest BCUT2D eigenvalue weighted by Gasteiger charge is 2.24. The normalized spacial score (nSPS) is 11.7. The maximum absolute atomic E-state index is 12.7. The highest BCUT2D eigenvalue weighted by molar-refractivity contribution is 7.89. The van der Waals surface area contributed by atoms with E-state index in [0.717, 1.165) is 5.76 Å². The number of nitrogens with zero attached hydrogens (tertiary/aromatic N) is 1. The third-order valence-corrected chi connectivity index (χ3v) is 6.25. The molecule has 0 aliphatic heterocycles. The van der Waals surface area contributed by atoms with Gasteiger partial charge in [-0.3, -0.25) is 4.79 Å². The van der Waals surface area contributed by atoms with E-state index in [0.29, 0.717) is 25.2 Å². The van der Waals surface area contributed by atoms with Gasteiger partial charge in [-0.05, 0) is 30.3 Å². The molecule has 0 saturated heterocycles. The number of hydrogen-bond acceptors (Lipinski definition) is 4. The average molecular weight is 385 g/mol. The molecule has 1 heterocycles. The molecule has 0 fully saturated rings. The Balaban J connectivity index is 2.14. The van der Waals surface area contributed by atoms with Crippen LogP contribution in [0.5, 0.6) is 0 Å². The van der Waals surface area contributed by atoms with Gasteiger partial charge in [-0.1, -0.05) is 25.4 Å². The number of halogens is 1. The largest absolute Gasteiger partial charge is 0.469 e. The van der Waals surface area contributed by atoms with Gasteiger partial charge in [0.25, 0.3) is 0 Å². The van der Waals surface area contributed by atoms with E-state index in [2.05, 4.69) is 5.32 Å². The van der Waals surface area contributed by atoms with Crippen LogP contribution in [0.4, 0.5) is 5.69 Å². The van der Waals surface area contributed by atoms with Gasteiger partial charge in [-0.15, -0.1) is 0 Å². The van der Waals surface area contributed by atoms with Crippen LogP contribution in [0.1, 0.15) is 26.0 Å². The van der Waals surface area contributed by atoms with E-state index >= 15 is 0 Å². The molecule has 2 rings (SSSR count). The van der Waals surface area contributed by atoms with Crippen LogP contribution in [0.3, 0.4) is 0 Å². The number of carbonyl (C=O) groups is 1. The maximum atomic E-state index is 12.7. The molecule has 1 amide bonds. The summed E-state index contributed by atoms with van der Waals surface area (Å²) in [5.74, 6) is 0.487. The Morgan fingerprint density at radius 2 is 1.96 bits per heavy atom. The van der Waals surface area contributed by atoms with Gasteiger partial charge in [0.05, 0.1) is 11.3 Å². The number of hydrogen-bond donors (Lipinski definition) is 1. The van der Waals surface area contributed by atoms with Crippen LogP contribution in [-0.2, 0) is 21.2 Å². The third-order valence-electron chi connectivity index (χ3n) is 3.72. The fraction of sp³-hybridized carbons (Fsp3) is 0.353. The van der Waals surface area contributed by atoms with Crippen LogP contribution >= 0.6 is 11.6 Å². The van der Waals surface area contributed by atoms with Crippen molar-refractivity contribution in [3.63, 3.8) is 0 Å². The van der Waals surface area contributed by atoms with Crippen LogP contribution in [0, 0.1) is 0 Å². The van der Waals surface area contributed by atoms with Crippen molar-refractivity contribution in [2.45, 2.75) is 31.6 Å². The Morgan fingerprint density at radius 1 is 1.24 bits per heavy atom. The average Bonchev–Trinajstić information content (AvgIpc) is 3.09. The quantitative estimate of drug-likeness (QED) is 0.754. The molecule has 25 heavy (non-hydrogen) atoms. The number of sulfonamides is 1. The molecule has 0 bridgehead atoms. The summed E-state index contributed by atoms with van der Waals surface area (Å²) >= 11 is 6.07. The predicted molar refractivity (Wildman–Crippen MR) is 97.2 cm³/mol. The van der Waals surface area contributed by atoms with Crippen molar-refractivity contribution < 1.29 is 17.6 Å². The molecule has 1 aromatic heterocycles. The standard InChI is InChI=1S/C17H21ClN2O4S/c1-3-20(4-2)25(22,23)16-12-13(7-9-15(16)18)19-17(21)10-8-14-6-5-11-24-14/h5-7,9,11-12H,3-4,8,10H2,1-2H3,(H,19,21). The molecule has 0 unspecified atom stereocenters. The highest BCUT2D eigenvalue weighted by atomic mass is 35.5. The van der Waals surface area contributed by atoms with E-state index < -0.39 is 10.0 Å². The fourth-order valence-corrected chi connectivity index (χ4v) is 4.35. The first-order valence-electron chi connectivity index (χ1n) is 8.00. The first-order chi connectivity index (χ1) is 11.9. The summed E-state index contributed by atoms with van der Waals surface area (Å²) in [5.41, 5.74) is 0.388. The van der Waals surface area contributed by atoms with Crippen molar-refractivity contribution >= 4 is 33.2 Å². The van der Waals surface area contributed by atoms with E-state index in [1.54, 1.807) is 38.3 Å². The second-order valence-corrected chi connectivity index (χ2v) is 7.68. The van der Waals surface area contributed by atoms with E-state index in [9.17, 15) is 13.2 Å². The first kappa shape index (κ1) is 19.5. The van der Waals surface area contributed by atoms with Crippen molar-refractivity contribution in [3.05, 3.63) is 47.4 Å². The summed E-state index contributed by atoms with van der Waals surface area (Å²) in [5, 5.41) is 2.82. The Labute approximate surface area is 152 Å². The SMILES string of the molecule is CCN(CC)S(=O)(=O)c1cc(NC(=O)CCc2ccco2)ccc1Cl. The predicted octanol–water partition coefficient (Wildman–Crippen LogP) is 3.53. The maximum Gasteiger partial charge on any atom is 0.244 e. The molecule has 1 N–H and O–H groups in total. The molecule has 0 radical (unpaired) electrons. The van der Waals surface area contributed by atoms with Gasteiger partial charge in [-0.25, -0.2) is 8.42 Å². The number of anilines is 1. The number of rotatable bonds is 8. The smallest absolute Gasteiger partial charge is 0.244 e. The Kier molecular flexibility index (Phi) is 6.64. The van der Waals surface area contributed by atoms with Crippen LogP contribution in [-0.4, -0.2) is 31.7 Å². The lowest BCUT2D eigenvalue weighted by Crippen LogP contribution is -2.30. The summed E-state index contributed by atoms with van der Waals surface area (Å²) in [6, 6.07) is 8.00. The molecular formula is C17H21ClN2O4S. The van der Waals surface area contributed by atoms with Crippen molar-refractivity contribution in [1.29, 1.82) is 0 Å². The van der Waals surface area contributed by atoms with Crippen molar-refractivity contribution in [3.8, 4) is 0 Å². The minimum Gasteiger partial charge on any atom is -0.469 e. The summed E-state index contributed by atoms with van der Waals surface area (Å²) in [4.78, 5) is 12.0. The lowest BCUT2D eigenvalue weighted by atomic mass is 10.2. The van der Waals surface area contributed by atoms with Crippen molar-refractivity contribution in [2.24, 2.45) is 0 Å². The van der Waals surface area contributed by atoms with Crippen molar-refractivity contribution in [2.75, 3.05) is 18.4 Å². The zero-order valence-corrected chi connectivity index (χ0v) is 15.7. The first-order valence-corrected chi connectivity index (χ1v) is 9.82. The summed E-state index contributed by atoms with van der Waals surface area (Å²) in [7, 11) is -3.70. The molecule has 2 aromatic rings. The lowest BCUT2D eigenvalue weighted by molar-refractivity contribution is -0.116. The Morgan fingerprint density at radius 3 is 2.56 bits per heavy atom. The Hall–Kier alpha value is -1.83. The molecule has 0 atom stereocenters. The molecule has 6 nitrogen and oxygen atoms in total. The van der Waals surface area contributed by atoms with Gasteiger partial charge in [-0.2, -0.15) is 4.31 Å². The van der Waals surface area contributed by atoms with E-state index in [4.69, 9.17) is 16.0 Å². The zero-order chi connectivity index (χ0) is 18.4. The van der Waals surface area contributed by atoms with Crippen LogP contribution in [0.15, 0.2) is 45.9 Å². The highest BCUT2D eigenvalue weighted by Crippen LogP contribution is 2.27. The van der Waals surface area contributed by atoms with Crippen LogP contribution in [0.25, 0.3) is 0 Å². The number of furan rings is 1. The second kappa shape index (κ2) is 8.51. The molecular weight excluding hydrogens is 364 g/mol. The number of benzene rings is 1. The third kappa shape index (κ3) is 4.84. The molecule has 0 aliphatic carbocycles. The summed E-state index contributed by atoms with van der Waals surface area (Å²) < 4.78 is 31.8. The number of carbonyl (C=O) groups excluding carboxylic acids is 1. The number of aryl methyl sites for hydroxylation is 1. The topological polar surface area (TPSA) is 79.6 Å².